The van der Waals surface area contributed by atoms with Crippen molar-refractivity contribution in [3.05, 3.63) is 78.6 Å². The number of anilines is 1. The third kappa shape index (κ3) is 4.07. The molecule has 5 rings (SSSR count). The quantitative estimate of drug-likeness (QED) is 0.520. The minimum Gasteiger partial charge on any atom is -0.398 e. The fraction of sp³-hybridized carbons (Fsp3) is 0.269. The average Bonchev–Trinajstić information content (AvgIpc) is 3.11. The first-order valence-corrected chi connectivity index (χ1v) is 10.9. The number of hydrogen-bond donors (Lipinski definition) is 1. The molecule has 2 aromatic heterocycles. The Bertz CT molecular complexity index is 1170. The maximum atomic E-state index is 6.12. The molecule has 0 amide bonds. The van der Waals surface area contributed by atoms with Gasteiger partial charge < -0.3 is 14.9 Å². The van der Waals surface area contributed by atoms with Gasteiger partial charge in [0.15, 0.2) is 0 Å². The number of pyridine rings is 1. The summed E-state index contributed by atoms with van der Waals surface area (Å²) in [4.78, 5) is 7.43. The van der Waals surface area contributed by atoms with Crippen LogP contribution in [0.15, 0.2) is 72.9 Å². The minimum atomic E-state index is 0.224. The van der Waals surface area contributed by atoms with Gasteiger partial charge in [0.1, 0.15) is 5.65 Å². The highest BCUT2D eigenvalue weighted by Gasteiger charge is 2.25. The van der Waals surface area contributed by atoms with Gasteiger partial charge in [0.2, 0.25) is 0 Å². The first-order chi connectivity index (χ1) is 15.1. The number of nitrogens with zero attached hydrogens (tertiary/aromatic N) is 3. The molecule has 1 fully saturated rings. The van der Waals surface area contributed by atoms with E-state index in [9.17, 15) is 0 Å². The third-order valence-corrected chi connectivity index (χ3v) is 5.87. The maximum Gasteiger partial charge on any atom is 0.137 e. The second kappa shape index (κ2) is 8.17. The maximum absolute atomic E-state index is 6.12. The standard InChI is InChI=1S/C26H28N4O/c1-18-14-29(15-19(2)31-18)17-24-26(28-25-13-12-23(27)16-30(24)25)22-10-8-21(9-11-22)20-6-4-3-5-7-20/h3-13,16,18-19H,14-15,17,27H2,1-2H3. The number of fused-ring (bicyclic) bond motifs is 1. The SMILES string of the molecule is CC1CN(Cc2c(-c3ccc(-c4ccccc4)cc3)nc3ccc(N)cn23)CC(C)O1. The van der Waals surface area contributed by atoms with Gasteiger partial charge in [-0.1, -0.05) is 54.6 Å². The van der Waals surface area contributed by atoms with Crippen LogP contribution in [0.2, 0.25) is 0 Å². The molecule has 158 valence electrons. The third-order valence-electron chi connectivity index (χ3n) is 5.87. The number of nitrogens with two attached hydrogens (primary N) is 1. The van der Waals surface area contributed by atoms with Crippen LogP contribution < -0.4 is 5.73 Å². The predicted molar refractivity (Wildman–Crippen MR) is 126 cm³/mol. The molecule has 3 heterocycles. The molecule has 1 aliphatic rings. The van der Waals surface area contributed by atoms with Crippen molar-refractivity contribution < 1.29 is 4.74 Å². The number of benzene rings is 2. The summed E-state index contributed by atoms with van der Waals surface area (Å²) in [6.45, 7) is 6.90. The van der Waals surface area contributed by atoms with Crippen LogP contribution >= 0.6 is 0 Å². The molecule has 2 unspecified atom stereocenters. The lowest BCUT2D eigenvalue weighted by Gasteiger charge is -2.35. The topological polar surface area (TPSA) is 55.8 Å². The van der Waals surface area contributed by atoms with Gasteiger partial charge in [0.05, 0.1) is 23.6 Å². The van der Waals surface area contributed by atoms with Gasteiger partial charge in [-0.25, -0.2) is 4.98 Å². The van der Waals surface area contributed by atoms with E-state index in [2.05, 4.69) is 71.7 Å². The van der Waals surface area contributed by atoms with Crippen molar-refractivity contribution in [2.75, 3.05) is 18.8 Å². The number of hydrogen-bond acceptors (Lipinski definition) is 4. The number of nitrogen functional groups attached to an aromatic ring is 1. The first-order valence-electron chi connectivity index (χ1n) is 10.9. The second-order valence-corrected chi connectivity index (χ2v) is 8.49. The molecule has 2 atom stereocenters. The Morgan fingerprint density at radius 3 is 2.23 bits per heavy atom. The second-order valence-electron chi connectivity index (χ2n) is 8.49. The molecule has 4 aromatic rings. The Morgan fingerprint density at radius 1 is 0.871 bits per heavy atom. The zero-order valence-electron chi connectivity index (χ0n) is 18.0. The zero-order chi connectivity index (χ0) is 21.4. The smallest absolute Gasteiger partial charge is 0.137 e. The Labute approximate surface area is 183 Å². The number of ether oxygens (including phenoxy) is 1. The van der Waals surface area contributed by atoms with Gasteiger partial charge in [-0.2, -0.15) is 0 Å². The molecule has 2 aromatic carbocycles. The Kier molecular flexibility index (Phi) is 5.22. The van der Waals surface area contributed by atoms with E-state index < -0.39 is 0 Å². The Morgan fingerprint density at radius 2 is 1.52 bits per heavy atom. The molecule has 0 radical (unpaired) electrons. The van der Waals surface area contributed by atoms with Crippen molar-refractivity contribution in [3.63, 3.8) is 0 Å². The summed E-state index contributed by atoms with van der Waals surface area (Å²) in [7, 11) is 0. The van der Waals surface area contributed by atoms with Crippen LogP contribution in [0.5, 0.6) is 0 Å². The lowest BCUT2D eigenvalue weighted by Crippen LogP contribution is -2.45. The molecule has 0 saturated carbocycles. The van der Waals surface area contributed by atoms with Crippen molar-refractivity contribution in [1.29, 1.82) is 0 Å². The van der Waals surface area contributed by atoms with Crippen molar-refractivity contribution in [2.24, 2.45) is 0 Å². The Balaban J connectivity index is 1.54. The molecule has 1 saturated heterocycles. The van der Waals surface area contributed by atoms with Crippen LogP contribution in [0.25, 0.3) is 28.0 Å². The van der Waals surface area contributed by atoms with Crippen LogP contribution in [0.3, 0.4) is 0 Å². The van der Waals surface area contributed by atoms with E-state index in [1.807, 2.05) is 24.4 Å². The van der Waals surface area contributed by atoms with Gasteiger partial charge in [-0.3, -0.25) is 4.90 Å². The summed E-state index contributed by atoms with van der Waals surface area (Å²) in [5.74, 6) is 0. The van der Waals surface area contributed by atoms with Crippen LogP contribution in [-0.2, 0) is 11.3 Å². The average molecular weight is 413 g/mol. The molecular formula is C26H28N4O. The number of aromatic nitrogens is 2. The summed E-state index contributed by atoms with van der Waals surface area (Å²) in [6.07, 6.45) is 2.43. The van der Waals surface area contributed by atoms with Crippen LogP contribution in [0.4, 0.5) is 5.69 Å². The monoisotopic (exact) mass is 412 g/mol. The predicted octanol–water partition coefficient (Wildman–Crippen LogP) is 4.86. The van der Waals surface area contributed by atoms with E-state index >= 15 is 0 Å². The fourth-order valence-corrected chi connectivity index (χ4v) is 4.57. The van der Waals surface area contributed by atoms with E-state index in [4.69, 9.17) is 15.5 Å². The van der Waals surface area contributed by atoms with Gasteiger partial charge >= 0.3 is 0 Å². The Hall–Kier alpha value is -3.15. The lowest BCUT2D eigenvalue weighted by atomic mass is 10.0. The summed E-state index contributed by atoms with van der Waals surface area (Å²) in [6, 6.07) is 23.0. The number of morpholine rings is 1. The van der Waals surface area contributed by atoms with Crippen molar-refractivity contribution >= 4 is 11.3 Å². The van der Waals surface area contributed by atoms with Gasteiger partial charge in [-0.05, 0) is 37.1 Å². The highest BCUT2D eigenvalue weighted by Crippen LogP contribution is 2.29. The molecule has 31 heavy (non-hydrogen) atoms. The molecule has 0 bridgehead atoms. The summed E-state index contributed by atoms with van der Waals surface area (Å²) >= 11 is 0. The van der Waals surface area contributed by atoms with Crippen LogP contribution in [-0.4, -0.2) is 39.6 Å². The van der Waals surface area contributed by atoms with E-state index in [1.54, 1.807) is 0 Å². The lowest BCUT2D eigenvalue weighted by molar-refractivity contribution is -0.0707. The van der Waals surface area contributed by atoms with Crippen LogP contribution in [0, 0.1) is 0 Å². The van der Waals surface area contributed by atoms with E-state index in [-0.39, 0.29) is 12.2 Å². The fourth-order valence-electron chi connectivity index (χ4n) is 4.57. The number of imidazole rings is 1. The normalized spacial score (nSPS) is 19.7. The first kappa shape index (κ1) is 19.8. The molecule has 2 N–H and O–H groups in total. The summed E-state index contributed by atoms with van der Waals surface area (Å²) < 4.78 is 8.07. The highest BCUT2D eigenvalue weighted by atomic mass is 16.5. The minimum absolute atomic E-state index is 0.224. The molecule has 5 heteroatoms. The van der Waals surface area contributed by atoms with Crippen LogP contribution in [0.1, 0.15) is 19.5 Å². The molecule has 0 aliphatic carbocycles. The van der Waals surface area contributed by atoms with Crippen molar-refractivity contribution in [1.82, 2.24) is 14.3 Å². The van der Waals surface area contributed by atoms with Crippen molar-refractivity contribution in [3.8, 4) is 22.4 Å². The highest BCUT2D eigenvalue weighted by molar-refractivity contribution is 5.72. The largest absolute Gasteiger partial charge is 0.398 e. The molecule has 0 spiro atoms. The van der Waals surface area contributed by atoms with Crippen molar-refractivity contribution in [2.45, 2.75) is 32.6 Å². The van der Waals surface area contributed by atoms with E-state index in [0.717, 1.165) is 47.9 Å². The molecular weight excluding hydrogens is 384 g/mol. The summed E-state index contributed by atoms with van der Waals surface area (Å²) in [5, 5.41) is 0. The van der Waals surface area contributed by atoms with E-state index in [1.165, 1.54) is 11.1 Å². The molecule has 5 nitrogen and oxygen atoms in total. The zero-order valence-corrected chi connectivity index (χ0v) is 18.0. The van der Waals surface area contributed by atoms with Gasteiger partial charge in [-0.15, -0.1) is 0 Å². The van der Waals surface area contributed by atoms with Gasteiger partial charge in [0.25, 0.3) is 0 Å². The summed E-state index contributed by atoms with van der Waals surface area (Å²) in [5.41, 5.74) is 13.5. The van der Waals surface area contributed by atoms with E-state index in [0.29, 0.717) is 0 Å². The number of rotatable bonds is 4. The van der Waals surface area contributed by atoms with Gasteiger partial charge in [0, 0.05) is 37.1 Å². The molecule has 1 aliphatic heterocycles.